The predicted molar refractivity (Wildman–Crippen MR) is 72.6 cm³/mol. The normalized spacial score (nSPS) is 23.1. The first-order valence-electron chi connectivity index (χ1n) is 6.56. The second-order valence-electron chi connectivity index (χ2n) is 5.37. The minimum Gasteiger partial charge on any atom is -0.392 e. The fraction of sp³-hybridized carbons (Fsp3) is 0.533. The molecule has 1 aliphatic rings. The Hall–Kier alpha value is -1.35. The highest BCUT2D eigenvalue weighted by Gasteiger charge is 2.31. The summed E-state index contributed by atoms with van der Waals surface area (Å²) in [4.78, 5) is 12.1. The Morgan fingerprint density at radius 1 is 1.22 bits per heavy atom. The molecule has 1 saturated carbocycles. The molecular weight excluding hydrogens is 226 g/mol. The molecule has 0 aromatic heterocycles. The van der Waals surface area contributed by atoms with E-state index in [-0.39, 0.29) is 11.8 Å². The van der Waals surface area contributed by atoms with Gasteiger partial charge >= 0.3 is 0 Å². The van der Waals surface area contributed by atoms with Crippen LogP contribution < -0.4 is 5.32 Å². The number of rotatable bonds is 2. The van der Waals surface area contributed by atoms with Gasteiger partial charge in [0.05, 0.1) is 12.0 Å². The van der Waals surface area contributed by atoms with Gasteiger partial charge in [0.2, 0.25) is 5.91 Å². The van der Waals surface area contributed by atoms with E-state index in [9.17, 15) is 9.90 Å². The molecule has 0 saturated heterocycles. The van der Waals surface area contributed by atoms with Crippen LogP contribution in [0.15, 0.2) is 12.1 Å². The third-order valence-electron chi connectivity index (χ3n) is 3.74. The van der Waals surface area contributed by atoms with Gasteiger partial charge in [-0.3, -0.25) is 4.79 Å². The summed E-state index contributed by atoms with van der Waals surface area (Å²) in [5, 5.41) is 12.7. The van der Waals surface area contributed by atoms with Gasteiger partial charge < -0.3 is 10.4 Å². The summed E-state index contributed by atoms with van der Waals surface area (Å²) in [5.74, 6) is -0.292. The van der Waals surface area contributed by atoms with E-state index in [2.05, 4.69) is 17.4 Å². The number of aliphatic hydroxyl groups excluding tert-OH is 1. The van der Waals surface area contributed by atoms with Crippen LogP contribution in [0.4, 0.5) is 5.69 Å². The minimum absolute atomic E-state index is 0.0462. The molecule has 2 unspecified atom stereocenters. The molecule has 1 aliphatic carbocycles. The van der Waals surface area contributed by atoms with Crippen LogP contribution in [0.5, 0.6) is 0 Å². The SMILES string of the molecule is Cc1cc(C)c(NC(=O)C2CCCC2O)c(C)c1. The van der Waals surface area contributed by atoms with Crippen LogP contribution in [0.25, 0.3) is 0 Å². The van der Waals surface area contributed by atoms with E-state index in [0.29, 0.717) is 0 Å². The van der Waals surface area contributed by atoms with Gasteiger partial charge in [-0.25, -0.2) is 0 Å². The Morgan fingerprint density at radius 3 is 2.33 bits per heavy atom. The highest BCUT2D eigenvalue weighted by molar-refractivity contribution is 5.94. The molecule has 3 nitrogen and oxygen atoms in total. The second kappa shape index (κ2) is 5.11. The van der Waals surface area contributed by atoms with E-state index in [1.807, 2.05) is 20.8 Å². The van der Waals surface area contributed by atoms with Crippen molar-refractivity contribution in [3.05, 3.63) is 28.8 Å². The number of nitrogens with one attached hydrogen (secondary N) is 1. The molecule has 0 radical (unpaired) electrons. The predicted octanol–water partition coefficient (Wildman–Crippen LogP) is 2.71. The monoisotopic (exact) mass is 247 g/mol. The first-order valence-corrected chi connectivity index (χ1v) is 6.56. The third-order valence-corrected chi connectivity index (χ3v) is 3.74. The molecule has 2 atom stereocenters. The number of hydrogen-bond donors (Lipinski definition) is 2. The van der Waals surface area contributed by atoms with Crippen molar-refractivity contribution in [2.24, 2.45) is 5.92 Å². The van der Waals surface area contributed by atoms with Crippen molar-refractivity contribution in [1.82, 2.24) is 0 Å². The molecule has 98 valence electrons. The molecule has 1 aromatic rings. The molecular formula is C15H21NO2. The molecule has 18 heavy (non-hydrogen) atoms. The van der Waals surface area contributed by atoms with Crippen molar-refractivity contribution >= 4 is 11.6 Å². The van der Waals surface area contributed by atoms with Crippen LogP contribution in [0.3, 0.4) is 0 Å². The zero-order valence-corrected chi connectivity index (χ0v) is 11.3. The maximum atomic E-state index is 12.1. The van der Waals surface area contributed by atoms with E-state index in [1.54, 1.807) is 0 Å². The Kier molecular flexibility index (Phi) is 3.71. The Bertz CT molecular complexity index is 445. The first-order chi connectivity index (χ1) is 8.49. The van der Waals surface area contributed by atoms with Crippen LogP contribution in [-0.2, 0) is 4.79 Å². The molecule has 1 fully saturated rings. The summed E-state index contributed by atoms with van der Waals surface area (Å²) < 4.78 is 0. The first kappa shape index (κ1) is 13.1. The summed E-state index contributed by atoms with van der Waals surface area (Å²) >= 11 is 0. The largest absolute Gasteiger partial charge is 0.392 e. The van der Waals surface area contributed by atoms with Crippen molar-refractivity contribution < 1.29 is 9.90 Å². The van der Waals surface area contributed by atoms with Gasteiger partial charge in [0.1, 0.15) is 0 Å². The molecule has 0 aliphatic heterocycles. The van der Waals surface area contributed by atoms with Crippen LogP contribution in [0.1, 0.15) is 36.0 Å². The quantitative estimate of drug-likeness (QED) is 0.844. The van der Waals surface area contributed by atoms with Crippen LogP contribution in [0.2, 0.25) is 0 Å². The maximum Gasteiger partial charge on any atom is 0.230 e. The number of aryl methyl sites for hydroxylation is 3. The number of hydrogen-bond acceptors (Lipinski definition) is 2. The molecule has 0 spiro atoms. The van der Waals surface area contributed by atoms with Gasteiger partial charge in [0.25, 0.3) is 0 Å². The summed E-state index contributed by atoms with van der Waals surface area (Å²) in [6.45, 7) is 6.05. The number of anilines is 1. The van der Waals surface area contributed by atoms with Crippen LogP contribution in [0, 0.1) is 26.7 Å². The highest BCUT2D eigenvalue weighted by Crippen LogP contribution is 2.28. The van der Waals surface area contributed by atoms with Crippen LogP contribution in [-0.4, -0.2) is 17.1 Å². The van der Waals surface area contributed by atoms with Crippen molar-refractivity contribution in [3.8, 4) is 0 Å². The van der Waals surface area contributed by atoms with E-state index in [0.717, 1.165) is 36.1 Å². The zero-order valence-electron chi connectivity index (χ0n) is 11.3. The van der Waals surface area contributed by atoms with Crippen molar-refractivity contribution in [3.63, 3.8) is 0 Å². The molecule has 1 aromatic carbocycles. The molecule has 3 heteroatoms. The van der Waals surface area contributed by atoms with Crippen molar-refractivity contribution in [2.45, 2.75) is 46.1 Å². The topological polar surface area (TPSA) is 49.3 Å². The lowest BCUT2D eigenvalue weighted by atomic mass is 10.0. The highest BCUT2D eigenvalue weighted by atomic mass is 16.3. The van der Waals surface area contributed by atoms with E-state index in [1.165, 1.54) is 5.56 Å². The lowest BCUT2D eigenvalue weighted by Gasteiger charge is -2.17. The van der Waals surface area contributed by atoms with Crippen molar-refractivity contribution in [1.29, 1.82) is 0 Å². The molecule has 2 N–H and O–H groups in total. The smallest absolute Gasteiger partial charge is 0.230 e. The van der Waals surface area contributed by atoms with E-state index < -0.39 is 6.10 Å². The lowest BCUT2D eigenvalue weighted by molar-refractivity contribution is -0.122. The minimum atomic E-state index is -0.476. The zero-order chi connectivity index (χ0) is 13.3. The summed E-state index contributed by atoms with van der Waals surface area (Å²) in [6.07, 6.45) is 1.99. The number of aliphatic hydroxyl groups is 1. The number of carbonyl (C=O) groups excluding carboxylic acids is 1. The van der Waals surface area contributed by atoms with E-state index in [4.69, 9.17) is 0 Å². The van der Waals surface area contributed by atoms with Gasteiger partial charge in [-0.05, 0) is 51.2 Å². The average molecular weight is 247 g/mol. The summed E-state index contributed by atoms with van der Waals surface area (Å²) in [5.41, 5.74) is 4.25. The summed E-state index contributed by atoms with van der Waals surface area (Å²) in [7, 11) is 0. The molecule has 2 rings (SSSR count). The summed E-state index contributed by atoms with van der Waals surface area (Å²) in [6, 6.07) is 4.13. The second-order valence-corrected chi connectivity index (χ2v) is 5.37. The fourth-order valence-corrected chi connectivity index (χ4v) is 2.84. The molecule has 0 heterocycles. The lowest BCUT2D eigenvalue weighted by Crippen LogP contribution is -2.29. The Morgan fingerprint density at radius 2 is 1.83 bits per heavy atom. The van der Waals surface area contributed by atoms with Gasteiger partial charge in [0.15, 0.2) is 0 Å². The standard InChI is InChI=1S/C15H21NO2/c1-9-7-10(2)14(11(3)8-9)16-15(18)12-5-4-6-13(12)17/h7-8,12-13,17H,4-6H2,1-3H3,(H,16,18). The van der Waals surface area contributed by atoms with E-state index >= 15 is 0 Å². The Balaban J connectivity index is 2.17. The number of amides is 1. The third kappa shape index (κ3) is 2.56. The van der Waals surface area contributed by atoms with Gasteiger partial charge in [-0.15, -0.1) is 0 Å². The average Bonchev–Trinajstić information content (AvgIpc) is 2.69. The molecule has 1 amide bonds. The van der Waals surface area contributed by atoms with Gasteiger partial charge in [-0.1, -0.05) is 17.7 Å². The van der Waals surface area contributed by atoms with Crippen LogP contribution >= 0.6 is 0 Å². The fourth-order valence-electron chi connectivity index (χ4n) is 2.84. The molecule has 0 bridgehead atoms. The Labute approximate surface area is 108 Å². The number of carbonyl (C=O) groups is 1. The maximum absolute atomic E-state index is 12.1. The van der Waals surface area contributed by atoms with Gasteiger partial charge in [0, 0.05) is 5.69 Å². The number of benzene rings is 1. The van der Waals surface area contributed by atoms with Gasteiger partial charge in [-0.2, -0.15) is 0 Å². The van der Waals surface area contributed by atoms with Crippen molar-refractivity contribution in [2.75, 3.05) is 5.32 Å².